The molecule has 4 N–H and O–H groups in total. The molecule has 0 radical (unpaired) electrons. The third-order valence-corrected chi connectivity index (χ3v) is 4.52. The van der Waals surface area contributed by atoms with Gasteiger partial charge in [-0.3, -0.25) is 15.4 Å². The zero-order chi connectivity index (χ0) is 18.8. The van der Waals surface area contributed by atoms with Gasteiger partial charge in [0.1, 0.15) is 5.82 Å². The third kappa shape index (κ3) is 3.97. The van der Waals surface area contributed by atoms with Gasteiger partial charge in [-0.1, -0.05) is 24.6 Å². The summed E-state index contributed by atoms with van der Waals surface area (Å²) in [5.41, 5.74) is 1.29. The summed E-state index contributed by atoms with van der Waals surface area (Å²) in [6.45, 7) is 5.61. The number of carbonyl (C=O) groups is 2. The monoisotopic (exact) mass is 376 g/mol. The van der Waals surface area contributed by atoms with Gasteiger partial charge in [0.2, 0.25) is 5.91 Å². The van der Waals surface area contributed by atoms with Crippen molar-refractivity contribution in [3.05, 3.63) is 41.0 Å². The van der Waals surface area contributed by atoms with Crippen LogP contribution < -0.4 is 21.3 Å². The molecular weight excluding hydrogens is 356 g/mol. The molecule has 8 nitrogen and oxygen atoms in total. The van der Waals surface area contributed by atoms with E-state index in [9.17, 15) is 9.59 Å². The Kier molecular flexibility index (Phi) is 5.15. The zero-order valence-corrected chi connectivity index (χ0v) is 15.5. The molecule has 0 saturated carbocycles. The Morgan fingerprint density at radius 1 is 1.27 bits per heavy atom. The van der Waals surface area contributed by atoms with Gasteiger partial charge in [0.15, 0.2) is 6.29 Å². The largest absolute Gasteiger partial charge is 0.324 e. The van der Waals surface area contributed by atoms with E-state index in [1.165, 1.54) is 0 Å². The van der Waals surface area contributed by atoms with E-state index in [0.29, 0.717) is 22.2 Å². The summed E-state index contributed by atoms with van der Waals surface area (Å²) in [7, 11) is 0. The molecular formula is C17H21ClN6O2. The minimum absolute atomic E-state index is 0.0219. The quantitative estimate of drug-likeness (QED) is 0.661. The van der Waals surface area contributed by atoms with Gasteiger partial charge in [-0.2, -0.15) is 5.10 Å². The highest BCUT2D eigenvalue weighted by molar-refractivity contribution is 6.30. The summed E-state index contributed by atoms with van der Waals surface area (Å²) in [5.74, 6) is 0.246. The van der Waals surface area contributed by atoms with Crippen molar-refractivity contribution in [1.82, 2.24) is 20.4 Å². The van der Waals surface area contributed by atoms with Crippen LogP contribution in [0.4, 0.5) is 16.3 Å². The first-order valence-electron chi connectivity index (χ1n) is 8.29. The molecule has 1 aliphatic rings. The van der Waals surface area contributed by atoms with E-state index >= 15 is 0 Å². The molecule has 1 saturated heterocycles. The summed E-state index contributed by atoms with van der Waals surface area (Å²) in [6.07, 6.45) is -0.538. The average Bonchev–Trinajstić information content (AvgIpc) is 2.92. The molecule has 26 heavy (non-hydrogen) atoms. The second-order valence-corrected chi connectivity index (χ2v) is 6.80. The van der Waals surface area contributed by atoms with E-state index in [2.05, 4.69) is 26.4 Å². The highest BCUT2D eigenvalue weighted by atomic mass is 35.5. The van der Waals surface area contributed by atoms with Crippen LogP contribution in [0.2, 0.25) is 5.02 Å². The maximum Gasteiger partial charge on any atom is 0.324 e. The third-order valence-electron chi connectivity index (χ3n) is 4.29. The van der Waals surface area contributed by atoms with Gasteiger partial charge in [0.05, 0.1) is 11.6 Å². The number of nitrogens with one attached hydrogen (secondary N) is 4. The van der Waals surface area contributed by atoms with Crippen LogP contribution in [0.3, 0.4) is 0 Å². The molecule has 3 amide bonds. The molecule has 138 valence electrons. The molecule has 0 spiro atoms. The minimum Gasteiger partial charge on any atom is -0.322 e. The summed E-state index contributed by atoms with van der Waals surface area (Å²) >= 11 is 5.92. The Hall–Kier alpha value is -2.58. The second kappa shape index (κ2) is 7.35. The van der Waals surface area contributed by atoms with Gasteiger partial charge < -0.3 is 10.6 Å². The second-order valence-electron chi connectivity index (χ2n) is 6.36. The highest BCUT2D eigenvalue weighted by Crippen LogP contribution is 2.20. The fourth-order valence-electron chi connectivity index (χ4n) is 2.71. The van der Waals surface area contributed by atoms with Crippen LogP contribution in [0.5, 0.6) is 0 Å². The van der Waals surface area contributed by atoms with Crippen molar-refractivity contribution < 1.29 is 9.59 Å². The molecule has 0 aliphatic carbocycles. The molecule has 3 unspecified atom stereocenters. The summed E-state index contributed by atoms with van der Waals surface area (Å²) in [5, 5.41) is 16.5. The normalized spacial score (nSPS) is 22.6. The Balaban J connectivity index is 1.75. The molecule has 2 aromatic rings. The van der Waals surface area contributed by atoms with E-state index in [0.717, 1.165) is 0 Å². The predicted molar refractivity (Wildman–Crippen MR) is 100.0 cm³/mol. The highest BCUT2D eigenvalue weighted by Gasteiger charge is 2.32. The first kappa shape index (κ1) is 18.2. The zero-order valence-electron chi connectivity index (χ0n) is 14.7. The van der Waals surface area contributed by atoms with Gasteiger partial charge >= 0.3 is 6.03 Å². The van der Waals surface area contributed by atoms with Gasteiger partial charge in [-0.05, 0) is 32.0 Å². The Morgan fingerprint density at radius 3 is 2.73 bits per heavy atom. The van der Waals surface area contributed by atoms with Crippen LogP contribution in [0, 0.1) is 12.8 Å². The van der Waals surface area contributed by atoms with Crippen LogP contribution >= 0.6 is 11.6 Å². The van der Waals surface area contributed by atoms with E-state index in [-0.39, 0.29) is 17.9 Å². The molecule has 1 aliphatic heterocycles. The molecule has 2 heterocycles. The Bertz CT molecular complexity index is 836. The molecule has 1 aromatic heterocycles. The van der Waals surface area contributed by atoms with E-state index < -0.39 is 12.3 Å². The lowest BCUT2D eigenvalue weighted by atomic mass is 10.0. The fourth-order valence-corrected chi connectivity index (χ4v) is 2.90. The number of amides is 3. The topological polar surface area (TPSA) is 100 Å². The number of halogens is 1. The minimum atomic E-state index is -0.538. The maximum absolute atomic E-state index is 12.3. The summed E-state index contributed by atoms with van der Waals surface area (Å²) in [4.78, 5) is 24.4. The molecule has 1 fully saturated rings. The number of aryl methyl sites for hydroxylation is 1. The fraction of sp³-hybridized carbons (Fsp3) is 0.353. The van der Waals surface area contributed by atoms with Crippen molar-refractivity contribution in [1.29, 1.82) is 0 Å². The van der Waals surface area contributed by atoms with Gasteiger partial charge in [-0.15, -0.1) is 0 Å². The van der Waals surface area contributed by atoms with Crippen molar-refractivity contribution in [2.45, 2.75) is 33.1 Å². The molecule has 3 rings (SSSR count). The van der Waals surface area contributed by atoms with Crippen molar-refractivity contribution in [3.8, 4) is 0 Å². The predicted octanol–water partition coefficient (Wildman–Crippen LogP) is 2.69. The molecule has 1 aromatic carbocycles. The summed E-state index contributed by atoms with van der Waals surface area (Å²) in [6, 6.07) is 8.13. The van der Waals surface area contributed by atoms with Crippen LogP contribution in [0.25, 0.3) is 0 Å². The molecule has 3 atom stereocenters. The van der Waals surface area contributed by atoms with Crippen LogP contribution in [-0.2, 0) is 4.79 Å². The van der Waals surface area contributed by atoms with Crippen molar-refractivity contribution >= 4 is 35.0 Å². The first-order chi connectivity index (χ1) is 12.3. The average molecular weight is 377 g/mol. The number of benzene rings is 1. The smallest absolute Gasteiger partial charge is 0.322 e. The number of nitrogens with zero attached hydrogens (tertiary/aromatic N) is 2. The number of urea groups is 1. The lowest BCUT2D eigenvalue weighted by molar-refractivity contribution is -0.130. The standard InChI is InChI=1S/C17H21ClN6O2/c1-9-7-14(21-17(26)20-13-6-4-5-12(18)8-13)24(23-9)16-19-11(3)10(2)15(25)22-16/h4-8,10-11,16,19H,1-3H3,(H,22,25)(H2,20,21,26). The van der Waals surface area contributed by atoms with E-state index in [4.69, 9.17) is 11.6 Å². The number of carbonyl (C=O) groups excluding carboxylic acids is 2. The number of hydrogen-bond donors (Lipinski definition) is 4. The van der Waals surface area contributed by atoms with Crippen LogP contribution in [0.1, 0.15) is 25.8 Å². The van der Waals surface area contributed by atoms with Crippen molar-refractivity contribution in [2.75, 3.05) is 10.6 Å². The maximum atomic E-state index is 12.3. The lowest BCUT2D eigenvalue weighted by Gasteiger charge is -2.34. The Morgan fingerprint density at radius 2 is 2.04 bits per heavy atom. The number of rotatable bonds is 3. The van der Waals surface area contributed by atoms with Crippen molar-refractivity contribution in [3.63, 3.8) is 0 Å². The van der Waals surface area contributed by atoms with E-state index in [1.807, 2.05) is 20.8 Å². The van der Waals surface area contributed by atoms with Gasteiger partial charge in [0, 0.05) is 22.8 Å². The van der Waals surface area contributed by atoms with Gasteiger partial charge in [0.25, 0.3) is 0 Å². The summed E-state index contributed by atoms with van der Waals surface area (Å²) < 4.78 is 1.55. The van der Waals surface area contributed by atoms with Gasteiger partial charge in [-0.25, -0.2) is 9.48 Å². The van der Waals surface area contributed by atoms with E-state index in [1.54, 1.807) is 35.0 Å². The Labute approximate surface area is 156 Å². The van der Waals surface area contributed by atoms with Crippen LogP contribution in [-0.4, -0.2) is 27.8 Å². The number of hydrogen-bond acceptors (Lipinski definition) is 4. The first-order valence-corrected chi connectivity index (χ1v) is 8.67. The van der Waals surface area contributed by atoms with Crippen molar-refractivity contribution in [2.24, 2.45) is 5.92 Å². The van der Waals surface area contributed by atoms with Crippen LogP contribution in [0.15, 0.2) is 30.3 Å². The molecule has 9 heteroatoms. The lowest BCUT2D eigenvalue weighted by Crippen LogP contribution is -2.57. The molecule has 0 bridgehead atoms. The SMILES string of the molecule is Cc1cc(NC(=O)Nc2cccc(Cl)c2)n(C2NC(=O)C(C)C(C)N2)n1. The number of aromatic nitrogens is 2. The number of anilines is 2.